The van der Waals surface area contributed by atoms with Crippen molar-refractivity contribution in [2.75, 3.05) is 21.3 Å². The fraction of sp³-hybridized carbons (Fsp3) is 0.200. The molecule has 0 aliphatic heterocycles. The van der Waals surface area contributed by atoms with E-state index in [-0.39, 0.29) is 52.6 Å². The van der Waals surface area contributed by atoms with Crippen LogP contribution in [0, 0.1) is 10.1 Å². The van der Waals surface area contributed by atoms with Crippen LogP contribution in [0.3, 0.4) is 0 Å². The van der Waals surface area contributed by atoms with E-state index in [1.807, 2.05) is 5.43 Å². The fourth-order valence-corrected chi connectivity index (χ4v) is 2.68. The molecule has 13 nitrogen and oxygen atoms in total. The first-order valence-electron chi connectivity index (χ1n) is 7.50. The quantitative estimate of drug-likeness (QED) is 0.153. The molecule has 1 heterocycles. The Morgan fingerprint density at radius 3 is 2.30 bits per heavy atom. The van der Waals surface area contributed by atoms with E-state index in [2.05, 4.69) is 5.10 Å². The summed E-state index contributed by atoms with van der Waals surface area (Å²) >= 11 is 0. The number of ether oxygens (including phenoxy) is 3. The van der Waals surface area contributed by atoms with Crippen molar-refractivity contribution in [3.63, 3.8) is 0 Å². The average Bonchev–Trinajstić information content (AvgIpc) is 3.15. The van der Waals surface area contributed by atoms with Crippen LogP contribution in [-0.4, -0.2) is 51.3 Å². The summed E-state index contributed by atoms with van der Waals surface area (Å²) in [6, 6.07) is 3.11. The largest absolute Gasteiger partial charge is 1.00 e. The summed E-state index contributed by atoms with van der Waals surface area (Å²) in [6.45, 7) is 0. The Kier molecular flexibility index (Phi) is 8.80. The second-order valence-electron chi connectivity index (χ2n) is 5.11. The number of benzene rings is 1. The Hall–Kier alpha value is -2.65. The molecular formula is C15H14N3NaO10S. The minimum absolute atomic E-state index is 0. The van der Waals surface area contributed by atoms with Crippen molar-refractivity contribution >= 4 is 27.9 Å². The normalized spacial score (nSPS) is 10.9. The summed E-state index contributed by atoms with van der Waals surface area (Å²) in [4.78, 5) is 23.0. The van der Waals surface area contributed by atoms with Gasteiger partial charge in [-0.15, -0.1) is 0 Å². The van der Waals surface area contributed by atoms with Gasteiger partial charge in [-0.2, -0.15) is 5.10 Å². The standard InChI is InChI=1S/C15H15N3O10S.Na/c1-25-10-6-9(12(18(20)21)14(27-3)13(10)26-2)15(19)17-16-7-8-4-5-11(28-8)29(22,23)24;/h4-7H,1-3H3,(H,17,19)(H,22,23,24);/q;+1/p-1/b16-7+;. The maximum atomic E-state index is 12.4. The van der Waals surface area contributed by atoms with E-state index in [1.165, 1.54) is 14.2 Å². The monoisotopic (exact) mass is 451 g/mol. The van der Waals surface area contributed by atoms with Gasteiger partial charge in [0.15, 0.2) is 15.9 Å². The molecule has 0 radical (unpaired) electrons. The molecule has 0 aliphatic carbocycles. The summed E-state index contributed by atoms with van der Waals surface area (Å²) in [5.41, 5.74) is 0.892. The third kappa shape index (κ3) is 5.48. The number of methoxy groups -OCH3 is 3. The van der Waals surface area contributed by atoms with Crippen LogP contribution in [0.1, 0.15) is 16.1 Å². The molecule has 1 amide bonds. The Balaban J connectivity index is 0.00000450. The van der Waals surface area contributed by atoms with Crippen LogP contribution in [0.4, 0.5) is 5.69 Å². The predicted molar refractivity (Wildman–Crippen MR) is 94.5 cm³/mol. The number of nitro groups is 1. The summed E-state index contributed by atoms with van der Waals surface area (Å²) in [6.07, 6.45) is 0.899. The number of carbonyl (C=O) groups is 1. The van der Waals surface area contributed by atoms with Gasteiger partial charge in [0, 0.05) is 6.07 Å². The first-order chi connectivity index (χ1) is 13.6. The number of furan rings is 1. The number of carbonyl (C=O) groups excluding carboxylic acids is 1. The fourth-order valence-electron chi connectivity index (χ4n) is 2.25. The first-order valence-corrected chi connectivity index (χ1v) is 8.91. The van der Waals surface area contributed by atoms with E-state index in [0.29, 0.717) is 0 Å². The van der Waals surface area contributed by atoms with E-state index in [4.69, 9.17) is 18.6 Å². The van der Waals surface area contributed by atoms with Gasteiger partial charge >= 0.3 is 35.2 Å². The van der Waals surface area contributed by atoms with Crippen molar-refractivity contribution in [2.45, 2.75) is 5.09 Å². The Labute approximate surface area is 192 Å². The van der Waals surface area contributed by atoms with Gasteiger partial charge in [-0.1, -0.05) is 0 Å². The number of amides is 1. The molecule has 0 aliphatic rings. The van der Waals surface area contributed by atoms with E-state index in [9.17, 15) is 27.9 Å². The number of hydrogen-bond donors (Lipinski definition) is 1. The molecule has 1 aromatic heterocycles. The summed E-state index contributed by atoms with van der Waals surface area (Å²) in [7, 11) is -1.12. The first kappa shape index (κ1) is 25.4. The smallest absolute Gasteiger partial charge is 0.742 e. The number of hydrogen-bond acceptors (Lipinski definition) is 11. The maximum Gasteiger partial charge on any atom is 1.00 e. The Morgan fingerprint density at radius 2 is 1.83 bits per heavy atom. The van der Waals surface area contributed by atoms with Gasteiger partial charge in [0.25, 0.3) is 5.91 Å². The summed E-state index contributed by atoms with van der Waals surface area (Å²) in [5.74, 6) is -1.57. The van der Waals surface area contributed by atoms with E-state index < -0.39 is 37.3 Å². The van der Waals surface area contributed by atoms with Gasteiger partial charge in [0.2, 0.25) is 16.6 Å². The van der Waals surface area contributed by atoms with Crippen LogP contribution in [0.2, 0.25) is 0 Å². The van der Waals surface area contributed by atoms with E-state index >= 15 is 0 Å². The van der Waals surface area contributed by atoms with Gasteiger partial charge in [-0.05, 0) is 12.1 Å². The molecule has 0 atom stereocenters. The zero-order valence-corrected chi connectivity index (χ0v) is 19.0. The second-order valence-corrected chi connectivity index (χ2v) is 6.42. The number of nitro benzene ring substituents is 1. The molecule has 156 valence electrons. The minimum atomic E-state index is -4.78. The summed E-state index contributed by atoms with van der Waals surface area (Å²) < 4.78 is 52.3. The van der Waals surface area contributed by atoms with E-state index in [0.717, 1.165) is 31.5 Å². The predicted octanol–water partition coefficient (Wildman–Crippen LogP) is -2.11. The second kappa shape index (κ2) is 10.4. The molecule has 0 spiro atoms. The Bertz CT molecular complexity index is 1080. The van der Waals surface area contributed by atoms with Gasteiger partial charge in [-0.25, -0.2) is 13.8 Å². The third-order valence-corrected chi connectivity index (χ3v) is 4.15. The average molecular weight is 451 g/mol. The van der Waals surface area contributed by atoms with Gasteiger partial charge in [0.05, 0.1) is 32.5 Å². The van der Waals surface area contributed by atoms with E-state index in [1.54, 1.807) is 0 Å². The van der Waals surface area contributed by atoms with Crippen molar-refractivity contribution in [1.29, 1.82) is 0 Å². The van der Waals surface area contributed by atoms with Gasteiger partial charge in [0.1, 0.15) is 11.3 Å². The molecule has 0 saturated carbocycles. The summed E-state index contributed by atoms with van der Waals surface area (Å²) in [5, 5.41) is 14.2. The molecule has 0 bridgehead atoms. The number of rotatable bonds is 8. The van der Waals surface area contributed by atoms with Crippen molar-refractivity contribution in [3.05, 3.63) is 39.6 Å². The van der Waals surface area contributed by atoms with Crippen LogP contribution in [0.15, 0.2) is 32.8 Å². The van der Waals surface area contributed by atoms with Crippen LogP contribution < -0.4 is 49.2 Å². The van der Waals surface area contributed by atoms with Crippen molar-refractivity contribution < 1.29 is 70.9 Å². The topological polar surface area (TPSA) is 183 Å². The molecule has 15 heteroatoms. The molecule has 2 aromatic rings. The molecule has 30 heavy (non-hydrogen) atoms. The minimum Gasteiger partial charge on any atom is -0.742 e. The number of hydrazone groups is 1. The molecule has 1 N–H and O–H groups in total. The van der Waals surface area contributed by atoms with Crippen LogP contribution in [0.5, 0.6) is 17.2 Å². The van der Waals surface area contributed by atoms with Crippen molar-refractivity contribution in [1.82, 2.24) is 5.43 Å². The van der Waals surface area contributed by atoms with Crippen LogP contribution in [-0.2, 0) is 10.1 Å². The molecule has 1 aromatic carbocycles. The zero-order valence-electron chi connectivity index (χ0n) is 16.2. The van der Waals surface area contributed by atoms with Gasteiger partial charge in [-0.3, -0.25) is 14.9 Å². The maximum absolute atomic E-state index is 12.4. The van der Waals surface area contributed by atoms with Crippen LogP contribution in [0.25, 0.3) is 0 Å². The van der Waals surface area contributed by atoms with Crippen molar-refractivity contribution in [2.24, 2.45) is 5.10 Å². The van der Waals surface area contributed by atoms with Crippen molar-refractivity contribution in [3.8, 4) is 17.2 Å². The Morgan fingerprint density at radius 1 is 1.20 bits per heavy atom. The SMILES string of the molecule is COc1cc(C(=O)N/N=C/c2ccc(S(=O)(=O)[O-])o2)c([N+](=O)[O-])c(OC)c1OC.[Na+]. The molecule has 0 saturated heterocycles. The molecular weight excluding hydrogens is 437 g/mol. The molecule has 2 rings (SSSR count). The third-order valence-electron chi connectivity index (χ3n) is 3.44. The molecule has 0 fully saturated rings. The van der Waals surface area contributed by atoms with Crippen LogP contribution >= 0.6 is 0 Å². The molecule has 0 unspecified atom stereocenters. The zero-order chi connectivity index (χ0) is 21.8. The number of nitrogens with one attached hydrogen (secondary N) is 1. The number of nitrogens with zero attached hydrogens (tertiary/aromatic N) is 2. The van der Waals surface area contributed by atoms with Gasteiger partial charge < -0.3 is 23.2 Å².